The molecular weight excluding hydrogens is 333 g/mol. The highest BCUT2D eigenvalue weighted by Gasteiger charge is 2.21. The zero-order valence-corrected chi connectivity index (χ0v) is 13.4. The third-order valence-electron chi connectivity index (χ3n) is 3.76. The van der Waals surface area contributed by atoms with Gasteiger partial charge in [0.05, 0.1) is 18.3 Å². The van der Waals surface area contributed by atoms with Gasteiger partial charge in [-0.05, 0) is 43.5 Å². The van der Waals surface area contributed by atoms with E-state index in [2.05, 4.69) is 27.3 Å². The summed E-state index contributed by atoms with van der Waals surface area (Å²) in [5.41, 5.74) is 2.74. The molecule has 0 aromatic heterocycles. The van der Waals surface area contributed by atoms with Gasteiger partial charge in [0.15, 0.2) is 0 Å². The molecule has 1 unspecified atom stereocenters. The lowest BCUT2D eigenvalue weighted by atomic mass is 9.99. The maximum absolute atomic E-state index is 14.0. The van der Waals surface area contributed by atoms with E-state index < -0.39 is 0 Å². The summed E-state index contributed by atoms with van der Waals surface area (Å²) in [5.74, 6) is 0.695. The topological polar surface area (TPSA) is 21.3 Å². The molecule has 1 N–H and O–H groups in total. The SMILES string of the molecule is Cc1cccc2c1OCCCC2Nc1cc(Br)ccc1F. The van der Waals surface area contributed by atoms with Gasteiger partial charge in [0.2, 0.25) is 0 Å². The molecule has 2 nitrogen and oxygen atoms in total. The summed E-state index contributed by atoms with van der Waals surface area (Å²) in [7, 11) is 0. The van der Waals surface area contributed by atoms with Gasteiger partial charge in [-0.1, -0.05) is 34.1 Å². The first-order chi connectivity index (χ1) is 10.1. The summed E-state index contributed by atoms with van der Waals surface area (Å²) in [5, 5.41) is 3.33. The first kappa shape index (κ1) is 14.4. The highest BCUT2D eigenvalue weighted by Crippen LogP contribution is 2.36. The molecule has 2 aromatic rings. The lowest BCUT2D eigenvalue weighted by Gasteiger charge is -2.21. The van der Waals surface area contributed by atoms with Crippen LogP contribution in [0.15, 0.2) is 40.9 Å². The fourth-order valence-corrected chi connectivity index (χ4v) is 3.07. The summed E-state index contributed by atoms with van der Waals surface area (Å²) in [6, 6.07) is 11.1. The van der Waals surface area contributed by atoms with E-state index in [1.54, 1.807) is 12.1 Å². The number of halogens is 2. The number of rotatable bonds is 2. The van der Waals surface area contributed by atoms with Crippen LogP contribution in [-0.4, -0.2) is 6.61 Å². The Morgan fingerprint density at radius 2 is 2.14 bits per heavy atom. The molecule has 1 aliphatic rings. The fraction of sp³-hybridized carbons (Fsp3) is 0.294. The van der Waals surface area contributed by atoms with E-state index >= 15 is 0 Å². The predicted molar refractivity (Wildman–Crippen MR) is 86.4 cm³/mol. The molecule has 0 spiro atoms. The van der Waals surface area contributed by atoms with Crippen molar-refractivity contribution in [3.05, 3.63) is 57.8 Å². The first-order valence-electron chi connectivity index (χ1n) is 7.09. The van der Waals surface area contributed by atoms with Crippen LogP contribution < -0.4 is 10.1 Å². The van der Waals surface area contributed by atoms with Gasteiger partial charge in [-0.25, -0.2) is 4.39 Å². The maximum Gasteiger partial charge on any atom is 0.146 e. The minimum absolute atomic E-state index is 0.0613. The average molecular weight is 350 g/mol. The van der Waals surface area contributed by atoms with E-state index in [1.165, 1.54) is 6.07 Å². The van der Waals surface area contributed by atoms with Crippen LogP contribution in [0.4, 0.5) is 10.1 Å². The van der Waals surface area contributed by atoms with Gasteiger partial charge in [-0.2, -0.15) is 0 Å². The molecular formula is C17H17BrFNO. The second-order valence-electron chi connectivity index (χ2n) is 5.31. The lowest BCUT2D eigenvalue weighted by molar-refractivity contribution is 0.314. The smallest absolute Gasteiger partial charge is 0.146 e. The van der Waals surface area contributed by atoms with Gasteiger partial charge < -0.3 is 10.1 Å². The standard InChI is InChI=1S/C17H17BrFNO/c1-11-4-2-5-13-15(6-3-9-21-17(11)13)20-16-10-12(18)7-8-14(16)19/h2,4-5,7-8,10,15,20H,3,6,9H2,1H3. The molecule has 0 bridgehead atoms. The highest BCUT2D eigenvalue weighted by atomic mass is 79.9. The van der Waals surface area contributed by atoms with E-state index in [9.17, 15) is 4.39 Å². The molecule has 110 valence electrons. The number of anilines is 1. The molecule has 0 saturated carbocycles. The van der Waals surface area contributed by atoms with Crippen LogP contribution in [0.3, 0.4) is 0 Å². The van der Waals surface area contributed by atoms with Crippen LogP contribution in [0.5, 0.6) is 5.75 Å². The van der Waals surface area contributed by atoms with Gasteiger partial charge in [-0.15, -0.1) is 0 Å². The number of hydrogen-bond acceptors (Lipinski definition) is 2. The fourth-order valence-electron chi connectivity index (χ4n) is 2.71. The normalized spacial score (nSPS) is 17.6. The van der Waals surface area contributed by atoms with Crippen LogP contribution in [-0.2, 0) is 0 Å². The maximum atomic E-state index is 14.0. The van der Waals surface area contributed by atoms with E-state index in [4.69, 9.17) is 4.74 Å². The molecule has 1 aliphatic heterocycles. The summed E-state index contributed by atoms with van der Waals surface area (Å²) < 4.78 is 20.7. The summed E-state index contributed by atoms with van der Waals surface area (Å²) >= 11 is 3.39. The van der Waals surface area contributed by atoms with Crippen molar-refractivity contribution >= 4 is 21.6 Å². The second kappa shape index (κ2) is 6.06. The Morgan fingerprint density at radius 1 is 1.29 bits per heavy atom. The summed E-state index contributed by atoms with van der Waals surface area (Å²) in [6.07, 6.45) is 1.86. The molecule has 21 heavy (non-hydrogen) atoms. The molecule has 4 heteroatoms. The van der Waals surface area contributed by atoms with Crippen LogP contribution in [0.25, 0.3) is 0 Å². The number of para-hydroxylation sites is 1. The van der Waals surface area contributed by atoms with Gasteiger partial charge in [0, 0.05) is 10.0 Å². The van der Waals surface area contributed by atoms with Gasteiger partial charge >= 0.3 is 0 Å². The minimum atomic E-state index is -0.238. The Hall–Kier alpha value is -1.55. The largest absolute Gasteiger partial charge is 0.493 e. The summed E-state index contributed by atoms with van der Waals surface area (Å²) in [4.78, 5) is 0. The third-order valence-corrected chi connectivity index (χ3v) is 4.25. The van der Waals surface area contributed by atoms with Crippen LogP contribution in [0.1, 0.15) is 30.0 Å². The third kappa shape index (κ3) is 3.05. The lowest BCUT2D eigenvalue weighted by Crippen LogP contribution is -2.11. The second-order valence-corrected chi connectivity index (χ2v) is 6.22. The average Bonchev–Trinajstić information content (AvgIpc) is 2.67. The number of aryl methyl sites for hydroxylation is 1. The molecule has 0 saturated heterocycles. The monoisotopic (exact) mass is 349 g/mol. The van der Waals surface area contributed by atoms with Crippen LogP contribution in [0.2, 0.25) is 0 Å². The van der Waals surface area contributed by atoms with Crippen molar-refractivity contribution in [3.8, 4) is 5.75 Å². The van der Waals surface area contributed by atoms with E-state index in [1.807, 2.05) is 19.1 Å². The molecule has 0 radical (unpaired) electrons. The molecule has 0 fully saturated rings. The Labute approximate surface area is 132 Å². The van der Waals surface area contributed by atoms with Crippen molar-refractivity contribution in [2.45, 2.75) is 25.8 Å². The van der Waals surface area contributed by atoms with E-state index in [0.717, 1.165) is 34.2 Å². The Kier molecular flexibility index (Phi) is 4.15. The zero-order valence-electron chi connectivity index (χ0n) is 11.8. The van der Waals surface area contributed by atoms with Gasteiger partial charge in [0.1, 0.15) is 11.6 Å². The Bertz CT molecular complexity index is 659. The van der Waals surface area contributed by atoms with E-state index in [-0.39, 0.29) is 11.9 Å². The van der Waals surface area contributed by atoms with Crippen molar-refractivity contribution in [2.24, 2.45) is 0 Å². The van der Waals surface area contributed by atoms with Crippen molar-refractivity contribution in [3.63, 3.8) is 0 Å². The number of hydrogen-bond donors (Lipinski definition) is 1. The molecule has 0 amide bonds. The quantitative estimate of drug-likeness (QED) is 0.802. The number of nitrogens with one attached hydrogen (secondary N) is 1. The number of fused-ring (bicyclic) bond motifs is 1. The number of ether oxygens (including phenoxy) is 1. The predicted octanol–water partition coefficient (Wildman–Crippen LogP) is 5.22. The molecule has 3 rings (SSSR count). The first-order valence-corrected chi connectivity index (χ1v) is 7.88. The Morgan fingerprint density at radius 3 is 3.00 bits per heavy atom. The molecule has 0 aliphatic carbocycles. The van der Waals surface area contributed by atoms with Crippen molar-refractivity contribution in [1.82, 2.24) is 0 Å². The zero-order chi connectivity index (χ0) is 14.8. The minimum Gasteiger partial charge on any atom is -0.493 e. The van der Waals surface area contributed by atoms with E-state index in [0.29, 0.717) is 12.3 Å². The van der Waals surface area contributed by atoms with Gasteiger partial charge in [0.25, 0.3) is 0 Å². The molecule has 1 atom stereocenters. The van der Waals surface area contributed by atoms with Crippen molar-refractivity contribution < 1.29 is 9.13 Å². The highest BCUT2D eigenvalue weighted by molar-refractivity contribution is 9.10. The van der Waals surface area contributed by atoms with Crippen molar-refractivity contribution in [1.29, 1.82) is 0 Å². The van der Waals surface area contributed by atoms with Crippen LogP contribution >= 0.6 is 15.9 Å². The summed E-state index contributed by atoms with van der Waals surface area (Å²) in [6.45, 7) is 2.75. The Balaban J connectivity index is 1.96. The van der Waals surface area contributed by atoms with Gasteiger partial charge in [-0.3, -0.25) is 0 Å². The van der Waals surface area contributed by atoms with Crippen molar-refractivity contribution in [2.75, 3.05) is 11.9 Å². The molecule has 1 heterocycles. The van der Waals surface area contributed by atoms with Crippen LogP contribution in [0, 0.1) is 12.7 Å². The molecule has 2 aromatic carbocycles. The number of benzene rings is 2.